The Kier molecular flexibility index (Phi) is 5.48. The van der Waals surface area contributed by atoms with Gasteiger partial charge in [0, 0.05) is 0 Å². The monoisotopic (exact) mass is 312 g/mol. The highest BCUT2D eigenvalue weighted by Crippen LogP contribution is 2.25. The molecule has 0 amide bonds. The molecule has 2 saturated heterocycles. The average Bonchev–Trinajstić information content (AvgIpc) is 2.48. The van der Waals surface area contributed by atoms with Crippen molar-refractivity contribution in [3.05, 3.63) is 0 Å². The lowest BCUT2D eigenvalue weighted by atomic mass is 9.99. The Labute approximate surface area is 119 Å². The molecule has 2 heterocycles. The third kappa shape index (κ3) is 3.35. The number of aliphatic hydroxyl groups excluding tert-OH is 7. The van der Waals surface area contributed by atoms with Crippen LogP contribution in [0.2, 0.25) is 0 Å². The number of hydrogen-bond acceptors (Lipinski definition) is 10. The van der Waals surface area contributed by atoms with E-state index in [2.05, 4.69) is 0 Å². The van der Waals surface area contributed by atoms with Crippen molar-refractivity contribution in [3.63, 3.8) is 0 Å². The molecule has 0 bridgehead atoms. The van der Waals surface area contributed by atoms with Gasteiger partial charge >= 0.3 is 0 Å². The lowest BCUT2D eigenvalue weighted by Crippen LogP contribution is -2.62. The van der Waals surface area contributed by atoms with Crippen molar-refractivity contribution in [2.24, 2.45) is 0 Å². The Morgan fingerprint density at radius 3 is 2.14 bits per heavy atom. The molecule has 0 aromatic carbocycles. The minimum Gasteiger partial charge on any atom is -0.394 e. The van der Waals surface area contributed by atoms with E-state index in [1.807, 2.05) is 0 Å². The summed E-state index contributed by atoms with van der Waals surface area (Å²) in [6.07, 6.45) is -13.2. The van der Waals surface area contributed by atoms with Crippen LogP contribution in [0, 0.1) is 0 Å². The first kappa shape index (κ1) is 17.0. The zero-order chi connectivity index (χ0) is 15.7. The van der Waals surface area contributed by atoms with Gasteiger partial charge in [0.05, 0.1) is 13.2 Å². The Balaban J connectivity index is 2.01. The maximum absolute atomic E-state index is 9.78. The van der Waals surface area contributed by atoms with E-state index in [0.717, 1.165) is 0 Å². The van der Waals surface area contributed by atoms with Crippen LogP contribution < -0.4 is 0 Å². The van der Waals surface area contributed by atoms with Gasteiger partial charge in [0.2, 0.25) is 0 Å². The Morgan fingerprint density at radius 2 is 1.52 bits per heavy atom. The van der Waals surface area contributed by atoms with E-state index >= 15 is 0 Å². The Morgan fingerprint density at radius 1 is 0.857 bits per heavy atom. The second-order valence-corrected chi connectivity index (χ2v) is 5.08. The first-order valence-corrected chi connectivity index (χ1v) is 6.48. The molecule has 124 valence electrons. The van der Waals surface area contributed by atoms with Gasteiger partial charge in [-0.2, -0.15) is 0 Å². The highest BCUT2D eigenvalue weighted by Gasteiger charge is 2.47. The van der Waals surface area contributed by atoms with Crippen LogP contribution >= 0.6 is 0 Å². The molecular weight excluding hydrogens is 292 g/mol. The van der Waals surface area contributed by atoms with E-state index in [-0.39, 0.29) is 6.61 Å². The summed E-state index contributed by atoms with van der Waals surface area (Å²) in [5.74, 6) is 0. The predicted molar refractivity (Wildman–Crippen MR) is 62.6 cm³/mol. The fraction of sp³-hybridized carbons (Fsp3) is 1.00. The zero-order valence-electron chi connectivity index (χ0n) is 11.0. The molecular formula is C11H20O10. The predicted octanol–water partition coefficient (Wildman–Crippen LogP) is -4.76. The standard InChI is InChI=1S/C11H20O10/c12-1-3-5(13)7(15)9(17)11(20-3)21-4-2-19-10(18)8(16)6(4)14/h3-18H,1-2H2/t3-,4-,5-,6+,7+,8-,9-,10+,11+/m1/s1. The Hall–Kier alpha value is -0.400. The summed E-state index contributed by atoms with van der Waals surface area (Å²) in [6.45, 7) is -0.899. The maximum atomic E-state index is 9.78. The van der Waals surface area contributed by atoms with Gasteiger partial charge in [0.25, 0.3) is 0 Å². The van der Waals surface area contributed by atoms with Gasteiger partial charge in [0.15, 0.2) is 12.6 Å². The second-order valence-electron chi connectivity index (χ2n) is 5.08. The van der Waals surface area contributed by atoms with Crippen LogP contribution in [0.5, 0.6) is 0 Å². The first-order valence-electron chi connectivity index (χ1n) is 6.48. The molecule has 2 aliphatic rings. The van der Waals surface area contributed by atoms with Crippen LogP contribution in [-0.2, 0) is 14.2 Å². The van der Waals surface area contributed by atoms with E-state index in [1.54, 1.807) is 0 Å². The third-order valence-corrected chi connectivity index (χ3v) is 3.61. The molecule has 7 N–H and O–H groups in total. The van der Waals surface area contributed by atoms with E-state index in [1.165, 1.54) is 0 Å². The summed E-state index contributed by atoms with van der Waals surface area (Å²) in [4.78, 5) is 0. The van der Waals surface area contributed by atoms with Gasteiger partial charge in [-0.25, -0.2) is 0 Å². The van der Waals surface area contributed by atoms with Crippen molar-refractivity contribution in [2.75, 3.05) is 13.2 Å². The van der Waals surface area contributed by atoms with Gasteiger partial charge in [-0.15, -0.1) is 0 Å². The first-order chi connectivity index (χ1) is 9.86. The molecule has 2 fully saturated rings. The molecule has 10 nitrogen and oxygen atoms in total. The summed E-state index contributed by atoms with van der Waals surface area (Å²) in [5.41, 5.74) is 0. The van der Waals surface area contributed by atoms with Crippen LogP contribution in [0.4, 0.5) is 0 Å². The van der Waals surface area contributed by atoms with Gasteiger partial charge in [-0.3, -0.25) is 0 Å². The average molecular weight is 312 g/mol. The van der Waals surface area contributed by atoms with E-state index < -0.39 is 61.9 Å². The fourth-order valence-electron chi connectivity index (χ4n) is 2.25. The smallest absolute Gasteiger partial charge is 0.187 e. The quantitative estimate of drug-likeness (QED) is 0.268. The zero-order valence-corrected chi connectivity index (χ0v) is 11.0. The van der Waals surface area contributed by atoms with Crippen molar-refractivity contribution in [2.45, 2.75) is 55.3 Å². The van der Waals surface area contributed by atoms with Crippen LogP contribution in [0.1, 0.15) is 0 Å². The van der Waals surface area contributed by atoms with Crippen molar-refractivity contribution in [1.29, 1.82) is 0 Å². The van der Waals surface area contributed by atoms with Crippen LogP contribution in [0.25, 0.3) is 0 Å². The van der Waals surface area contributed by atoms with E-state index in [4.69, 9.17) is 19.3 Å². The molecule has 0 spiro atoms. The lowest BCUT2D eigenvalue weighted by molar-refractivity contribution is -0.340. The molecule has 0 saturated carbocycles. The summed E-state index contributed by atoms with van der Waals surface area (Å²) >= 11 is 0. The number of aliphatic hydroxyl groups is 7. The number of rotatable bonds is 3. The van der Waals surface area contributed by atoms with E-state index in [0.29, 0.717) is 0 Å². The van der Waals surface area contributed by atoms with E-state index in [9.17, 15) is 30.6 Å². The lowest BCUT2D eigenvalue weighted by Gasteiger charge is -2.43. The Bertz CT molecular complexity index is 339. The summed E-state index contributed by atoms with van der Waals surface area (Å²) in [7, 11) is 0. The molecule has 0 aliphatic carbocycles. The highest BCUT2D eigenvalue weighted by molar-refractivity contribution is 4.91. The maximum Gasteiger partial charge on any atom is 0.187 e. The second kappa shape index (κ2) is 6.79. The fourth-order valence-corrected chi connectivity index (χ4v) is 2.25. The molecule has 21 heavy (non-hydrogen) atoms. The largest absolute Gasteiger partial charge is 0.394 e. The van der Waals surface area contributed by atoms with Gasteiger partial charge < -0.3 is 50.0 Å². The molecule has 9 atom stereocenters. The van der Waals surface area contributed by atoms with Gasteiger partial charge in [0.1, 0.15) is 42.7 Å². The van der Waals surface area contributed by atoms with Crippen LogP contribution in [0.15, 0.2) is 0 Å². The SMILES string of the molecule is OC[C@H]1O[C@@H](O[C@@H]2CO[C@H](O)[C@H](O)[C@H]2O)[C@H](O)[C@@H](O)[C@@H]1O. The summed E-state index contributed by atoms with van der Waals surface area (Å²) < 4.78 is 15.1. The van der Waals surface area contributed by atoms with Gasteiger partial charge in [-0.05, 0) is 0 Å². The molecule has 2 aliphatic heterocycles. The minimum absolute atomic E-state index is 0.283. The van der Waals surface area contributed by atoms with Crippen LogP contribution in [-0.4, -0.2) is 104 Å². The molecule has 0 aromatic heterocycles. The normalized spacial score (nSPS) is 51.9. The third-order valence-electron chi connectivity index (χ3n) is 3.61. The minimum atomic E-state index is -1.63. The molecule has 0 radical (unpaired) electrons. The molecule has 10 heteroatoms. The van der Waals surface area contributed by atoms with Crippen LogP contribution in [0.3, 0.4) is 0 Å². The van der Waals surface area contributed by atoms with Crippen molar-refractivity contribution >= 4 is 0 Å². The summed E-state index contributed by atoms with van der Waals surface area (Å²) in [6, 6.07) is 0. The van der Waals surface area contributed by atoms with Crippen molar-refractivity contribution in [3.8, 4) is 0 Å². The topological polar surface area (TPSA) is 169 Å². The number of hydrogen-bond donors (Lipinski definition) is 7. The molecule has 0 aromatic rings. The molecule has 2 rings (SSSR count). The number of ether oxygens (including phenoxy) is 3. The summed E-state index contributed by atoms with van der Waals surface area (Å²) in [5, 5.41) is 66.5. The van der Waals surface area contributed by atoms with Crippen molar-refractivity contribution in [1.82, 2.24) is 0 Å². The highest BCUT2D eigenvalue weighted by atomic mass is 16.7. The van der Waals surface area contributed by atoms with Gasteiger partial charge in [-0.1, -0.05) is 0 Å². The van der Waals surface area contributed by atoms with Crippen molar-refractivity contribution < 1.29 is 50.0 Å². The molecule has 0 unspecified atom stereocenters.